The van der Waals surface area contributed by atoms with Crippen molar-refractivity contribution >= 4 is 61.7 Å². The van der Waals surface area contributed by atoms with E-state index >= 15 is 0 Å². The van der Waals surface area contributed by atoms with Gasteiger partial charge in [0.25, 0.3) is 0 Å². The van der Waals surface area contributed by atoms with E-state index in [1.807, 2.05) is 18.2 Å². The number of hydrogen-bond donors (Lipinski definition) is 0. The molecule has 2 aromatic rings. The van der Waals surface area contributed by atoms with Gasteiger partial charge in [-0.25, -0.2) is 0 Å². The molecule has 0 aliphatic carbocycles. The fourth-order valence-electron chi connectivity index (χ4n) is 1.27. The van der Waals surface area contributed by atoms with Crippen LogP contribution >= 0.6 is 61.7 Å². The summed E-state index contributed by atoms with van der Waals surface area (Å²) in [6, 6.07) is 11.0. The summed E-state index contributed by atoms with van der Waals surface area (Å²) in [7, 11) is 0. The Balaban J connectivity index is 2.34. The molecule has 0 aliphatic rings. The van der Waals surface area contributed by atoms with E-state index in [2.05, 4.69) is 38.5 Å². The molecule has 0 saturated carbocycles. The zero-order valence-electron chi connectivity index (χ0n) is 8.38. The van der Waals surface area contributed by atoms with Crippen molar-refractivity contribution in [2.24, 2.45) is 0 Å². The minimum absolute atomic E-state index is 0.571. The van der Waals surface area contributed by atoms with Crippen molar-refractivity contribution in [1.82, 2.24) is 0 Å². The molecule has 0 heterocycles. The normalized spacial score (nSPS) is 10.4. The van der Waals surface area contributed by atoms with E-state index in [4.69, 9.17) is 27.9 Å². The highest BCUT2D eigenvalue weighted by molar-refractivity contribution is 14.1. The molecule has 0 fully saturated rings. The fraction of sp³-hybridized carbons (Fsp3) is 0. The molecular formula is C12H6BrCl2IO. The first kappa shape index (κ1) is 13.5. The predicted molar refractivity (Wildman–Crippen MR) is 83.4 cm³/mol. The molecule has 0 bridgehead atoms. The lowest BCUT2D eigenvalue weighted by molar-refractivity contribution is 0.482. The predicted octanol–water partition coefficient (Wildman–Crippen LogP) is 6.15. The molecule has 0 aromatic heterocycles. The highest BCUT2D eigenvalue weighted by Crippen LogP contribution is 2.33. The number of hydrogen-bond acceptors (Lipinski definition) is 1. The maximum Gasteiger partial charge on any atom is 0.147 e. The van der Waals surface area contributed by atoms with Crippen molar-refractivity contribution in [1.29, 1.82) is 0 Å². The van der Waals surface area contributed by atoms with Gasteiger partial charge >= 0.3 is 0 Å². The summed E-state index contributed by atoms with van der Waals surface area (Å²) in [6.07, 6.45) is 0. The van der Waals surface area contributed by atoms with Gasteiger partial charge in [-0.05, 0) is 59.0 Å². The summed E-state index contributed by atoms with van der Waals surface area (Å²) in [6.45, 7) is 0. The smallest absolute Gasteiger partial charge is 0.147 e. The van der Waals surface area contributed by atoms with Crippen LogP contribution in [0.4, 0.5) is 0 Å². The molecule has 2 rings (SSSR count). The van der Waals surface area contributed by atoms with Crippen molar-refractivity contribution < 1.29 is 4.74 Å². The maximum atomic E-state index is 6.05. The average molecular weight is 444 g/mol. The van der Waals surface area contributed by atoms with Gasteiger partial charge in [-0.1, -0.05) is 39.1 Å². The number of halogens is 4. The first-order valence-electron chi connectivity index (χ1n) is 4.63. The van der Waals surface area contributed by atoms with Gasteiger partial charge in [0.1, 0.15) is 11.5 Å². The summed E-state index contributed by atoms with van der Waals surface area (Å²) >= 11 is 17.6. The summed E-state index contributed by atoms with van der Waals surface area (Å²) < 4.78 is 7.62. The SMILES string of the molecule is Clc1cc(Br)cc(Oc2cc(I)ccc2Cl)c1. The molecule has 0 saturated heterocycles. The zero-order chi connectivity index (χ0) is 12.4. The molecule has 0 spiro atoms. The Labute approximate surface area is 131 Å². The van der Waals surface area contributed by atoms with Crippen LogP contribution in [0.15, 0.2) is 40.9 Å². The molecule has 88 valence electrons. The lowest BCUT2D eigenvalue weighted by Gasteiger charge is -2.08. The Morgan fingerprint density at radius 2 is 1.82 bits per heavy atom. The molecule has 0 radical (unpaired) electrons. The number of benzene rings is 2. The van der Waals surface area contributed by atoms with E-state index in [0.717, 1.165) is 8.04 Å². The molecule has 0 N–H and O–H groups in total. The van der Waals surface area contributed by atoms with Crippen molar-refractivity contribution in [3.8, 4) is 11.5 Å². The lowest BCUT2D eigenvalue weighted by atomic mass is 10.3. The van der Waals surface area contributed by atoms with E-state index in [1.54, 1.807) is 18.2 Å². The van der Waals surface area contributed by atoms with Gasteiger partial charge in [0.05, 0.1) is 5.02 Å². The summed E-state index contributed by atoms with van der Waals surface area (Å²) in [5.74, 6) is 1.26. The van der Waals surface area contributed by atoms with Gasteiger partial charge in [-0.2, -0.15) is 0 Å². The van der Waals surface area contributed by atoms with Crippen LogP contribution in [0.1, 0.15) is 0 Å². The van der Waals surface area contributed by atoms with E-state index < -0.39 is 0 Å². The van der Waals surface area contributed by atoms with Crippen molar-refractivity contribution in [3.63, 3.8) is 0 Å². The third-order valence-electron chi connectivity index (χ3n) is 1.96. The minimum Gasteiger partial charge on any atom is -0.456 e. The van der Waals surface area contributed by atoms with E-state index in [0.29, 0.717) is 21.5 Å². The van der Waals surface area contributed by atoms with Crippen molar-refractivity contribution in [3.05, 3.63) is 54.5 Å². The maximum absolute atomic E-state index is 6.05. The van der Waals surface area contributed by atoms with Crippen LogP contribution in [0.25, 0.3) is 0 Å². The Hall–Kier alpha value is 0.0300. The van der Waals surface area contributed by atoms with Crippen LogP contribution in [0, 0.1) is 3.57 Å². The fourth-order valence-corrected chi connectivity index (χ4v) is 2.72. The summed E-state index contributed by atoms with van der Waals surface area (Å²) in [4.78, 5) is 0. The first-order valence-corrected chi connectivity index (χ1v) is 7.26. The largest absolute Gasteiger partial charge is 0.456 e. The number of rotatable bonds is 2. The van der Waals surface area contributed by atoms with Crippen LogP contribution in [0.3, 0.4) is 0 Å². The Morgan fingerprint density at radius 3 is 2.53 bits per heavy atom. The van der Waals surface area contributed by atoms with Gasteiger partial charge in [0, 0.05) is 13.1 Å². The molecule has 5 heteroatoms. The van der Waals surface area contributed by atoms with Crippen molar-refractivity contribution in [2.45, 2.75) is 0 Å². The average Bonchev–Trinajstić information content (AvgIpc) is 2.22. The van der Waals surface area contributed by atoms with Gasteiger partial charge in [-0.3, -0.25) is 0 Å². The summed E-state index contributed by atoms with van der Waals surface area (Å²) in [5.41, 5.74) is 0. The second-order valence-corrected chi connectivity index (χ2v) is 6.29. The van der Waals surface area contributed by atoms with Gasteiger partial charge in [0.15, 0.2) is 0 Å². The first-order chi connectivity index (χ1) is 8.04. The van der Waals surface area contributed by atoms with Gasteiger partial charge in [-0.15, -0.1) is 0 Å². The minimum atomic E-state index is 0.571. The van der Waals surface area contributed by atoms with Crippen LogP contribution in [-0.4, -0.2) is 0 Å². The van der Waals surface area contributed by atoms with E-state index in [1.165, 1.54) is 0 Å². The molecule has 17 heavy (non-hydrogen) atoms. The molecule has 0 unspecified atom stereocenters. The Kier molecular flexibility index (Phi) is 4.58. The van der Waals surface area contributed by atoms with Crippen LogP contribution < -0.4 is 4.74 Å². The third-order valence-corrected chi connectivity index (χ3v) is 3.62. The summed E-state index contributed by atoms with van der Waals surface area (Å²) in [5, 5.41) is 1.18. The van der Waals surface area contributed by atoms with Crippen LogP contribution in [-0.2, 0) is 0 Å². The lowest BCUT2D eigenvalue weighted by Crippen LogP contribution is -1.86. The second-order valence-electron chi connectivity index (χ2n) is 3.28. The highest BCUT2D eigenvalue weighted by atomic mass is 127. The van der Waals surface area contributed by atoms with E-state index in [9.17, 15) is 0 Å². The van der Waals surface area contributed by atoms with Crippen LogP contribution in [0.2, 0.25) is 10.0 Å². The quantitative estimate of drug-likeness (QED) is 0.505. The standard InChI is InChI=1S/C12H6BrCl2IO/c13-7-3-8(14)5-10(4-7)17-12-6-9(16)1-2-11(12)15/h1-6H. The molecule has 1 nitrogen and oxygen atoms in total. The Morgan fingerprint density at radius 1 is 1.06 bits per heavy atom. The molecule has 0 aliphatic heterocycles. The van der Waals surface area contributed by atoms with E-state index in [-0.39, 0.29) is 0 Å². The Bertz CT molecular complexity index is 540. The number of ether oxygens (including phenoxy) is 1. The van der Waals surface area contributed by atoms with Gasteiger partial charge in [0.2, 0.25) is 0 Å². The molecule has 2 aromatic carbocycles. The highest BCUT2D eigenvalue weighted by Gasteiger charge is 2.05. The third kappa shape index (κ3) is 3.74. The topological polar surface area (TPSA) is 9.23 Å². The molecule has 0 amide bonds. The molecular weight excluding hydrogens is 438 g/mol. The second kappa shape index (κ2) is 5.78. The van der Waals surface area contributed by atoms with Gasteiger partial charge < -0.3 is 4.74 Å². The molecule has 0 atom stereocenters. The van der Waals surface area contributed by atoms with Crippen molar-refractivity contribution in [2.75, 3.05) is 0 Å². The van der Waals surface area contributed by atoms with Crippen LogP contribution in [0.5, 0.6) is 11.5 Å². The monoisotopic (exact) mass is 442 g/mol. The zero-order valence-corrected chi connectivity index (χ0v) is 13.6.